The van der Waals surface area contributed by atoms with Gasteiger partial charge in [-0.2, -0.15) is 0 Å². The molecule has 34 heavy (non-hydrogen) atoms. The van der Waals surface area contributed by atoms with E-state index >= 15 is 0 Å². The van der Waals surface area contributed by atoms with Crippen LogP contribution in [0.15, 0.2) is 95.0 Å². The van der Waals surface area contributed by atoms with Crippen LogP contribution in [0.3, 0.4) is 0 Å². The summed E-state index contributed by atoms with van der Waals surface area (Å²) in [6.45, 7) is 2.05. The van der Waals surface area contributed by atoms with Crippen LogP contribution >= 0.6 is 0 Å². The summed E-state index contributed by atoms with van der Waals surface area (Å²) in [5.74, 6) is -0.305. The third-order valence-electron chi connectivity index (χ3n) is 5.42. The summed E-state index contributed by atoms with van der Waals surface area (Å²) < 4.78 is 23.8. The van der Waals surface area contributed by atoms with Crippen molar-refractivity contribution < 1.29 is 18.0 Å². The molecule has 3 N–H and O–H groups in total. The maximum atomic E-state index is 12.8. The average molecular weight is 476 g/mol. The number of hydrogen-bond donors (Lipinski definition) is 2. The van der Waals surface area contributed by atoms with E-state index in [9.17, 15) is 13.2 Å². The first-order chi connectivity index (χ1) is 16.4. The molecule has 1 aliphatic rings. The third-order valence-corrected chi connectivity index (χ3v) is 6.39. The molecule has 3 aromatic carbocycles. The lowest BCUT2D eigenvalue weighted by Crippen LogP contribution is -2.28. The molecule has 4 rings (SSSR count). The van der Waals surface area contributed by atoms with Crippen LogP contribution in [0.5, 0.6) is 0 Å². The fourth-order valence-electron chi connectivity index (χ4n) is 3.81. The zero-order valence-electron chi connectivity index (χ0n) is 18.6. The van der Waals surface area contributed by atoms with E-state index in [0.717, 1.165) is 23.3 Å². The van der Waals surface area contributed by atoms with E-state index in [1.54, 1.807) is 42.5 Å². The molecular weight excluding hydrogens is 450 g/mol. The second-order valence-electron chi connectivity index (χ2n) is 7.84. The molecule has 0 saturated carbocycles. The van der Waals surface area contributed by atoms with Gasteiger partial charge in [0.2, 0.25) is 16.1 Å². The van der Waals surface area contributed by atoms with Crippen molar-refractivity contribution in [2.75, 3.05) is 5.32 Å². The summed E-state index contributed by atoms with van der Waals surface area (Å²) in [4.78, 5) is 18.3. The largest absolute Gasteiger partial charge is 0.382 e. The van der Waals surface area contributed by atoms with E-state index in [1.807, 2.05) is 30.3 Å². The number of nitrogens with two attached hydrogens (primary N) is 1. The molecule has 1 aliphatic heterocycles. The van der Waals surface area contributed by atoms with E-state index in [4.69, 9.17) is 9.98 Å². The molecule has 0 spiro atoms. The van der Waals surface area contributed by atoms with Crippen LogP contribution in [0.1, 0.15) is 25.3 Å². The Balaban J connectivity index is 1.44. The number of sulfonamides is 1. The van der Waals surface area contributed by atoms with E-state index < -0.39 is 16.1 Å². The molecule has 1 unspecified atom stereocenters. The highest BCUT2D eigenvalue weighted by Crippen LogP contribution is 2.28. The minimum absolute atomic E-state index is 0.0465. The Hall–Kier alpha value is -3.75. The number of benzene rings is 3. The van der Waals surface area contributed by atoms with Crippen molar-refractivity contribution in [1.82, 2.24) is 0 Å². The zero-order chi connectivity index (χ0) is 24.1. The highest BCUT2D eigenvalue weighted by Gasteiger charge is 2.30. The maximum absolute atomic E-state index is 12.8. The lowest BCUT2D eigenvalue weighted by atomic mass is 9.96. The first-order valence-electron chi connectivity index (χ1n) is 10.9. The Bertz CT molecular complexity index is 1350. The van der Waals surface area contributed by atoms with Crippen molar-refractivity contribution >= 4 is 32.9 Å². The van der Waals surface area contributed by atoms with Gasteiger partial charge in [0.05, 0.1) is 10.6 Å². The Labute approximate surface area is 199 Å². The number of nitrogens with zero attached hydrogens (tertiary/aromatic N) is 1. The highest BCUT2D eigenvalue weighted by molar-refractivity contribution is 7.89. The van der Waals surface area contributed by atoms with Gasteiger partial charge < -0.3 is 10.2 Å². The highest BCUT2D eigenvalue weighted by atomic mass is 32.2. The van der Waals surface area contributed by atoms with Gasteiger partial charge in [-0.15, -0.1) is 0 Å². The number of oxime groups is 1. The standard InChI is InChI=1S/C26H25N3O4S/c1-2-8-21(18-9-4-3-5-10-18)23-17-24(33-29-23)26(30)28-20-15-13-19(14-16-20)22-11-6-7-12-25(22)34(27,31)32/h3-16,24H,2,17H2,1H3,(H,28,30)(H2,27,31,32). The van der Waals surface area contributed by atoms with Gasteiger partial charge in [0.25, 0.3) is 5.91 Å². The topological polar surface area (TPSA) is 111 Å². The van der Waals surface area contributed by atoms with Crippen molar-refractivity contribution in [3.63, 3.8) is 0 Å². The van der Waals surface area contributed by atoms with Gasteiger partial charge in [0.1, 0.15) is 0 Å². The van der Waals surface area contributed by atoms with Crippen molar-refractivity contribution in [3.05, 3.63) is 90.5 Å². The number of carbonyl (C=O) groups excluding carboxylic acids is 1. The van der Waals surface area contributed by atoms with Gasteiger partial charge in [-0.3, -0.25) is 4.79 Å². The van der Waals surface area contributed by atoms with Crippen molar-refractivity contribution in [1.29, 1.82) is 0 Å². The van der Waals surface area contributed by atoms with Crippen LogP contribution in [-0.4, -0.2) is 26.1 Å². The Morgan fingerprint density at radius 1 is 1.06 bits per heavy atom. The number of carbonyl (C=O) groups is 1. The van der Waals surface area contributed by atoms with Crippen molar-refractivity contribution in [2.45, 2.75) is 30.8 Å². The molecule has 8 heteroatoms. The third kappa shape index (κ3) is 5.24. The van der Waals surface area contributed by atoms with E-state index in [1.165, 1.54) is 6.07 Å². The first-order valence-corrected chi connectivity index (χ1v) is 12.4. The molecule has 174 valence electrons. The predicted molar refractivity (Wildman–Crippen MR) is 134 cm³/mol. The summed E-state index contributed by atoms with van der Waals surface area (Å²) in [7, 11) is -3.86. The van der Waals surface area contributed by atoms with Crippen molar-refractivity contribution in [3.8, 4) is 11.1 Å². The monoisotopic (exact) mass is 475 g/mol. The molecule has 0 saturated heterocycles. The predicted octanol–water partition coefficient (Wildman–Crippen LogP) is 4.58. The number of nitrogens with one attached hydrogen (secondary N) is 1. The number of anilines is 1. The van der Waals surface area contributed by atoms with Gasteiger partial charge in [-0.05, 0) is 35.7 Å². The van der Waals surface area contributed by atoms with Gasteiger partial charge >= 0.3 is 0 Å². The van der Waals surface area contributed by atoms with Crippen LogP contribution in [0, 0.1) is 0 Å². The van der Waals surface area contributed by atoms with Gasteiger partial charge in [-0.25, -0.2) is 13.6 Å². The second-order valence-corrected chi connectivity index (χ2v) is 9.37. The van der Waals surface area contributed by atoms with Crippen LogP contribution in [-0.2, 0) is 19.7 Å². The van der Waals surface area contributed by atoms with Crippen molar-refractivity contribution in [2.24, 2.45) is 10.3 Å². The fourth-order valence-corrected chi connectivity index (χ4v) is 4.57. The Kier molecular flexibility index (Phi) is 6.90. The lowest BCUT2D eigenvalue weighted by Gasteiger charge is -2.12. The van der Waals surface area contributed by atoms with Crippen LogP contribution in [0.4, 0.5) is 5.69 Å². The molecule has 0 bridgehead atoms. The summed E-state index contributed by atoms with van der Waals surface area (Å²) in [6, 6.07) is 23.3. The molecule has 0 aliphatic carbocycles. The number of amides is 1. The summed E-state index contributed by atoms with van der Waals surface area (Å²) >= 11 is 0. The molecule has 7 nitrogen and oxygen atoms in total. The van der Waals surface area contributed by atoms with Crippen LogP contribution in [0.25, 0.3) is 16.7 Å². The Morgan fingerprint density at radius 2 is 1.74 bits per heavy atom. The summed E-state index contributed by atoms with van der Waals surface area (Å²) in [6.07, 6.45) is 2.55. The summed E-state index contributed by atoms with van der Waals surface area (Å²) in [5, 5.41) is 12.4. The minimum Gasteiger partial charge on any atom is -0.382 e. The van der Waals surface area contributed by atoms with Crippen LogP contribution < -0.4 is 10.5 Å². The molecule has 1 amide bonds. The molecular formula is C26H25N3O4S. The van der Waals surface area contributed by atoms with Gasteiger partial charge in [0.15, 0.2) is 0 Å². The maximum Gasteiger partial charge on any atom is 0.268 e. The van der Waals surface area contributed by atoms with E-state index in [0.29, 0.717) is 23.2 Å². The average Bonchev–Trinajstić information content (AvgIpc) is 3.33. The van der Waals surface area contributed by atoms with Gasteiger partial charge in [-0.1, -0.05) is 78.8 Å². The van der Waals surface area contributed by atoms with E-state index in [2.05, 4.69) is 23.5 Å². The smallest absolute Gasteiger partial charge is 0.268 e. The number of allylic oxidation sites excluding steroid dienone is 2. The molecule has 0 fully saturated rings. The fraction of sp³-hybridized carbons (Fsp3) is 0.154. The van der Waals surface area contributed by atoms with Gasteiger partial charge in [0, 0.05) is 23.2 Å². The number of rotatable bonds is 7. The lowest BCUT2D eigenvalue weighted by molar-refractivity contribution is -0.125. The normalized spacial score (nSPS) is 16.0. The summed E-state index contributed by atoms with van der Waals surface area (Å²) in [5.41, 5.74) is 4.47. The molecule has 0 aromatic heterocycles. The van der Waals surface area contributed by atoms with Crippen LogP contribution in [0.2, 0.25) is 0 Å². The number of hydrogen-bond acceptors (Lipinski definition) is 5. The second kappa shape index (κ2) is 10.0. The SMILES string of the molecule is CCC=C(C1=NOC(C(=O)Nc2ccc(-c3ccccc3S(N)(=O)=O)cc2)C1)c1ccccc1. The minimum atomic E-state index is -3.86. The molecule has 1 heterocycles. The quantitative estimate of drug-likeness (QED) is 0.521. The first kappa shape index (κ1) is 23.4. The van der Waals surface area contributed by atoms with E-state index in [-0.39, 0.29) is 10.8 Å². The zero-order valence-corrected chi connectivity index (χ0v) is 19.5. The molecule has 0 radical (unpaired) electrons. The molecule has 1 atom stereocenters. The Morgan fingerprint density at radius 3 is 2.41 bits per heavy atom. The molecule has 3 aromatic rings. The number of primary sulfonamides is 1.